The maximum Gasteiger partial charge on any atom is 0.312 e. The average Bonchev–Trinajstić information content (AvgIpc) is 4.12. The molecule has 1 aromatic carbocycles. The molecule has 8 N–H and O–H groups in total. The van der Waals surface area contributed by atoms with Crippen molar-refractivity contribution in [3.8, 4) is 0 Å². The maximum absolute atomic E-state index is 13.6. The van der Waals surface area contributed by atoms with Gasteiger partial charge in [-0.2, -0.15) is 0 Å². The number of benzene rings is 1. The number of epoxide rings is 1. The van der Waals surface area contributed by atoms with Gasteiger partial charge in [0.15, 0.2) is 5.78 Å². The van der Waals surface area contributed by atoms with E-state index in [1.54, 1.807) is 30.3 Å². The molecular formula is C57H87N5O12. The minimum absolute atomic E-state index is 0.00301. The number of esters is 1. The molecule has 1 spiro atoms. The molecule has 3 aliphatic rings. The smallest absolute Gasteiger partial charge is 0.312 e. The van der Waals surface area contributed by atoms with Gasteiger partial charge in [0.1, 0.15) is 36.0 Å². The zero-order valence-electron chi connectivity index (χ0n) is 45.1. The Hall–Kier alpha value is -5.07. The van der Waals surface area contributed by atoms with Crippen LogP contribution in [0.4, 0.5) is 4.79 Å². The SMILES string of the molecule is CC(/C=C/[C@H]1O[C@H](CC(=O)CCCC(=O)OCc2ccc(CC(=O)[C@H](CCCNC(N)=O)NC(=O)[C@@H](CC(=O)CCCCCN)C(C)C)cc2)C[C@@]2(CO2)[C@@H]1O)=C\C[C@@H]1O[C@H](C)[C@H](NC(=O)/C=C\C(C)C)C[C@@H]1C. The number of allylic oxidation sites excluding steroid dienone is 3. The number of ether oxygens (including phenoxy) is 4. The van der Waals surface area contributed by atoms with Crippen LogP contribution in [-0.4, -0.2) is 114 Å². The number of ketones is 3. The third-order valence-electron chi connectivity index (χ3n) is 14.2. The van der Waals surface area contributed by atoms with Crippen molar-refractivity contribution >= 4 is 41.2 Å². The first-order chi connectivity index (χ1) is 35.2. The fourth-order valence-electron chi connectivity index (χ4n) is 9.47. The second-order valence-corrected chi connectivity index (χ2v) is 21.5. The van der Waals surface area contributed by atoms with Gasteiger partial charge in [-0.15, -0.1) is 0 Å². The number of amides is 4. The summed E-state index contributed by atoms with van der Waals surface area (Å²) in [7, 11) is 0. The number of carbonyl (C=O) groups excluding carboxylic acids is 7. The first kappa shape index (κ1) is 61.5. The van der Waals surface area contributed by atoms with E-state index in [4.69, 9.17) is 30.4 Å². The van der Waals surface area contributed by atoms with Crippen LogP contribution in [0.3, 0.4) is 0 Å². The van der Waals surface area contributed by atoms with Crippen LogP contribution in [0, 0.1) is 23.7 Å². The summed E-state index contributed by atoms with van der Waals surface area (Å²) in [6.07, 6.45) is 13.2. The molecule has 1 aromatic rings. The van der Waals surface area contributed by atoms with E-state index >= 15 is 0 Å². The van der Waals surface area contributed by atoms with E-state index in [1.807, 2.05) is 59.8 Å². The molecule has 0 saturated carbocycles. The Labute approximate surface area is 439 Å². The summed E-state index contributed by atoms with van der Waals surface area (Å²) >= 11 is 0. The number of hydrogen-bond donors (Lipinski definition) is 6. The standard InChI is InChI=1S/C57H87N5O12/c1-36(2)17-26-52(66)61-48-29-39(6)50(73-40(48)7)24-18-38(5)19-25-51-54(68)57(35-72-57)33-45(74-51)31-43(63)14-11-16-53(67)71-34-42-22-20-41(21-23-42)30-49(65)47(15-12-28-60-56(59)70)62-55(69)46(37(3)4)32-44(64)13-9-8-10-27-58/h17-23,25-26,36-37,39-40,45-48,50-51,54,68H,8-16,24,27-35,58H2,1-7H3,(H,61,66)(H,62,69)(H3,59,60,70)/b25-19+,26-17-,38-18+/t39-,40+,45+,46-,47-,48+,50-,51+,54+,57+/m0/s1. The fraction of sp³-hybridized carbons (Fsp3) is 0.667. The van der Waals surface area contributed by atoms with Crippen LogP contribution in [0.1, 0.15) is 149 Å². The average molecular weight is 1030 g/mol. The van der Waals surface area contributed by atoms with E-state index in [-0.39, 0.29) is 111 Å². The Balaban J connectivity index is 1.20. The van der Waals surface area contributed by atoms with E-state index in [0.29, 0.717) is 68.7 Å². The van der Waals surface area contributed by atoms with Crippen molar-refractivity contribution in [3.63, 3.8) is 0 Å². The number of carbonyl (C=O) groups is 7. The third kappa shape index (κ3) is 21.6. The van der Waals surface area contributed by atoms with E-state index in [2.05, 4.69) is 29.0 Å². The molecular weight excluding hydrogens is 947 g/mol. The molecule has 0 aromatic heterocycles. The second kappa shape index (κ2) is 31.1. The monoisotopic (exact) mass is 1030 g/mol. The molecule has 4 amide bonds. The highest BCUT2D eigenvalue weighted by Crippen LogP contribution is 2.43. The third-order valence-corrected chi connectivity index (χ3v) is 14.2. The number of unbranched alkanes of at least 4 members (excludes halogenated alkanes) is 2. The van der Waals surface area contributed by atoms with Crippen LogP contribution in [0.25, 0.3) is 0 Å². The summed E-state index contributed by atoms with van der Waals surface area (Å²) < 4.78 is 23.8. The minimum Gasteiger partial charge on any atom is -0.461 e. The Morgan fingerprint density at radius 2 is 1.61 bits per heavy atom. The molecule has 17 heteroatoms. The quantitative estimate of drug-likeness (QED) is 0.0151. The molecule has 17 nitrogen and oxygen atoms in total. The van der Waals surface area contributed by atoms with E-state index in [9.17, 15) is 38.7 Å². The predicted molar refractivity (Wildman–Crippen MR) is 282 cm³/mol. The number of primary amides is 1. The number of rotatable bonds is 32. The lowest BCUT2D eigenvalue weighted by atomic mass is 9.86. The van der Waals surface area contributed by atoms with Crippen molar-refractivity contribution in [2.75, 3.05) is 19.7 Å². The second-order valence-electron chi connectivity index (χ2n) is 21.5. The number of aliphatic hydroxyl groups is 1. The molecule has 412 valence electrons. The van der Waals surface area contributed by atoms with Gasteiger partial charge in [-0.25, -0.2) is 4.79 Å². The molecule has 0 aliphatic carbocycles. The van der Waals surface area contributed by atoms with Crippen LogP contribution in [0.15, 0.2) is 60.2 Å². The van der Waals surface area contributed by atoms with Crippen molar-refractivity contribution in [3.05, 3.63) is 71.3 Å². The van der Waals surface area contributed by atoms with Crippen LogP contribution < -0.4 is 27.4 Å². The van der Waals surface area contributed by atoms with Gasteiger partial charge in [0, 0.05) is 57.4 Å². The van der Waals surface area contributed by atoms with Crippen molar-refractivity contribution < 1.29 is 57.6 Å². The molecule has 74 heavy (non-hydrogen) atoms. The van der Waals surface area contributed by atoms with Gasteiger partial charge in [0.25, 0.3) is 0 Å². The Morgan fingerprint density at radius 3 is 2.27 bits per heavy atom. The molecule has 0 unspecified atom stereocenters. The van der Waals surface area contributed by atoms with Gasteiger partial charge in [-0.05, 0) is 100 Å². The number of urea groups is 1. The fourth-order valence-corrected chi connectivity index (χ4v) is 9.47. The normalized spacial score (nSPS) is 24.7. The predicted octanol–water partition coefficient (Wildman–Crippen LogP) is 6.35. The molecule has 4 rings (SSSR count). The van der Waals surface area contributed by atoms with Gasteiger partial charge >= 0.3 is 12.0 Å². The van der Waals surface area contributed by atoms with E-state index in [0.717, 1.165) is 24.8 Å². The highest BCUT2D eigenvalue weighted by Gasteiger charge is 2.58. The highest BCUT2D eigenvalue weighted by molar-refractivity contribution is 5.93. The molecule has 3 fully saturated rings. The number of Topliss-reactive ketones (excluding diaryl/α,β-unsaturated/α-hetero) is 3. The van der Waals surface area contributed by atoms with Crippen molar-refractivity contribution in [1.29, 1.82) is 0 Å². The van der Waals surface area contributed by atoms with Gasteiger partial charge in [-0.3, -0.25) is 28.8 Å². The summed E-state index contributed by atoms with van der Waals surface area (Å²) in [6.45, 7) is 15.1. The first-order valence-corrected chi connectivity index (χ1v) is 27.0. The number of nitrogens with two attached hydrogens (primary N) is 2. The zero-order valence-corrected chi connectivity index (χ0v) is 45.1. The summed E-state index contributed by atoms with van der Waals surface area (Å²) in [5.41, 5.74) is 12.4. The van der Waals surface area contributed by atoms with Gasteiger partial charge in [0.05, 0.1) is 37.0 Å². The molecule has 10 atom stereocenters. The van der Waals surface area contributed by atoms with Crippen molar-refractivity contribution in [2.24, 2.45) is 35.1 Å². The molecule has 0 bridgehead atoms. The topological polar surface area (TPSA) is 268 Å². The van der Waals surface area contributed by atoms with Crippen LogP contribution in [0.5, 0.6) is 0 Å². The largest absolute Gasteiger partial charge is 0.461 e. The minimum atomic E-state index is -0.882. The summed E-state index contributed by atoms with van der Waals surface area (Å²) in [4.78, 5) is 89.4. The number of hydrogen-bond acceptors (Lipinski definition) is 13. The molecule has 0 radical (unpaired) electrons. The Bertz CT molecular complexity index is 2100. The van der Waals surface area contributed by atoms with Crippen molar-refractivity contribution in [2.45, 2.75) is 200 Å². The number of nitrogens with one attached hydrogen (secondary N) is 3. The van der Waals surface area contributed by atoms with Crippen LogP contribution in [-0.2, 0) is 60.7 Å². The Kier molecular flexibility index (Phi) is 25.8. The Morgan fingerprint density at radius 1 is 0.905 bits per heavy atom. The summed E-state index contributed by atoms with van der Waals surface area (Å²) in [5, 5.41) is 19.7. The lowest BCUT2D eigenvalue weighted by Crippen LogP contribution is -2.50. The summed E-state index contributed by atoms with van der Waals surface area (Å²) in [6, 6.07) is 5.43. The first-order valence-electron chi connectivity index (χ1n) is 27.0. The zero-order chi connectivity index (χ0) is 54.4. The summed E-state index contributed by atoms with van der Waals surface area (Å²) in [5.74, 6) is -1.43. The van der Waals surface area contributed by atoms with Gasteiger partial charge in [0.2, 0.25) is 11.8 Å². The number of aliphatic hydroxyl groups excluding tert-OH is 1. The van der Waals surface area contributed by atoms with Gasteiger partial charge in [-0.1, -0.05) is 95.2 Å². The highest BCUT2D eigenvalue weighted by atomic mass is 16.6. The van der Waals surface area contributed by atoms with Gasteiger partial charge < -0.3 is 51.5 Å². The van der Waals surface area contributed by atoms with E-state index < -0.39 is 47.9 Å². The maximum atomic E-state index is 13.6. The van der Waals surface area contributed by atoms with Crippen LogP contribution >= 0.6 is 0 Å². The lowest BCUT2D eigenvalue weighted by molar-refractivity contribution is -0.145. The lowest BCUT2D eigenvalue weighted by Gasteiger charge is -2.39. The molecule has 3 aliphatic heterocycles. The van der Waals surface area contributed by atoms with E-state index in [1.165, 1.54) is 0 Å². The molecule has 3 heterocycles. The molecule has 3 saturated heterocycles. The van der Waals surface area contributed by atoms with Crippen molar-refractivity contribution in [1.82, 2.24) is 16.0 Å². The van der Waals surface area contributed by atoms with Crippen LogP contribution in [0.2, 0.25) is 0 Å².